The van der Waals surface area contributed by atoms with Crippen molar-refractivity contribution in [1.82, 2.24) is 5.32 Å². The standard InChI is InChI=1S/C15H20BrF2NO/c16-13-9-11(17)10-14(18)15(13)20-8-7-19-12-5-3-1-2-4-6-12/h9-10,12,19H,1-8H2. The van der Waals surface area contributed by atoms with E-state index in [1.165, 1.54) is 44.6 Å². The van der Waals surface area contributed by atoms with Crippen molar-refractivity contribution in [3.63, 3.8) is 0 Å². The highest BCUT2D eigenvalue weighted by atomic mass is 79.9. The van der Waals surface area contributed by atoms with E-state index < -0.39 is 11.6 Å². The zero-order valence-corrected chi connectivity index (χ0v) is 13.0. The molecule has 0 unspecified atom stereocenters. The first kappa shape index (κ1) is 15.7. The van der Waals surface area contributed by atoms with Crippen molar-refractivity contribution < 1.29 is 13.5 Å². The van der Waals surface area contributed by atoms with Gasteiger partial charge in [0.1, 0.15) is 12.4 Å². The number of hydrogen-bond donors (Lipinski definition) is 1. The maximum absolute atomic E-state index is 13.5. The van der Waals surface area contributed by atoms with E-state index in [0.29, 0.717) is 23.7 Å². The maximum atomic E-state index is 13.5. The van der Waals surface area contributed by atoms with Crippen molar-refractivity contribution in [2.45, 2.75) is 44.6 Å². The van der Waals surface area contributed by atoms with Gasteiger partial charge in [-0.05, 0) is 34.8 Å². The van der Waals surface area contributed by atoms with Gasteiger partial charge in [0.2, 0.25) is 0 Å². The van der Waals surface area contributed by atoms with Crippen LogP contribution >= 0.6 is 15.9 Å². The SMILES string of the molecule is Fc1cc(F)c(OCCNC2CCCCCC2)c(Br)c1. The number of halogens is 3. The molecular weight excluding hydrogens is 328 g/mol. The molecule has 2 rings (SSSR count). The van der Waals surface area contributed by atoms with E-state index in [4.69, 9.17) is 4.74 Å². The lowest BCUT2D eigenvalue weighted by Gasteiger charge is -2.16. The largest absolute Gasteiger partial charge is 0.488 e. The Balaban J connectivity index is 1.75. The minimum Gasteiger partial charge on any atom is -0.488 e. The first-order valence-electron chi connectivity index (χ1n) is 7.17. The van der Waals surface area contributed by atoms with Gasteiger partial charge in [0, 0.05) is 18.7 Å². The Labute approximate surface area is 127 Å². The molecule has 0 saturated heterocycles. The van der Waals surface area contributed by atoms with Crippen LogP contribution in [0.5, 0.6) is 5.75 Å². The van der Waals surface area contributed by atoms with Crippen LogP contribution < -0.4 is 10.1 Å². The molecule has 5 heteroatoms. The minimum absolute atomic E-state index is 0.0778. The summed E-state index contributed by atoms with van der Waals surface area (Å²) in [5.74, 6) is -1.21. The predicted molar refractivity (Wildman–Crippen MR) is 79.0 cm³/mol. The van der Waals surface area contributed by atoms with Crippen molar-refractivity contribution in [2.24, 2.45) is 0 Å². The number of ether oxygens (including phenoxy) is 1. The van der Waals surface area contributed by atoms with E-state index in [1.807, 2.05) is 0 Å². The Morgan fingerprint density at radius 3 is 2.50 bits per heavy atom. The Hall–Kier alpha value is -0.680. The lowest BCUT2D eigenvalue weighted by molar-refractivity contribution is 0.285. The van der Waals surface area contributed by atoms with Gasteiger partial charge in [-0.25, -0.2) is 8.78 Å². The van der Waals surface area contributed by atoms with E-state index in [9.17, 15) is 8.78 Å². The molecule has 0 heterocycles. The normalized spacial score (nSPS) is 16.9. The number of nitrogens with one attached hydrogen (secondary N) is 1. The Morgan fingerprint density at radius 2 is 1.85 bits per heavy atom. The maximum Gasteiger partial charge on any atom is 0.169 e. The monoisotopic (exact) mass is 347 g/mol. The van der Waals surface area contributed by atoms with Gasteiger partial charge in [0.25, 0.3) is 0 Å². The molecule has 0 atom stereocenters. The molecule has 2 nitrogen and oxygen atoms in total. The van der Waals surface area contributed by atoms with Gasteiger partial charge < -0.3 is 10.1 Å². The molecule has 112 valence electrons. The van der Waals surface area contributed by atoms with Crippen molar-refractivity contribution in [3.05, 3.63) is 28.2 Å². The van der Waals surface area contributed by atoms with E-state index in [-0.39, 0.29) is 5.75 Å². The molecule has 20 heavy (non-hydrogen) atoms. The van der Waals surface area contributed by atoms with Gasteiger partial charge in [0.05, 0.1) is 4.47 Å². The smallest absolute Gasteiger partial charge is 0.169 e. The molecule has 1 aliphatic carbocycles. The van der Waals surface area contributed by atoms with Crippen molar-refractivity contribution >= 4 is 15.9 Å². The number of benzene rings is 1. The molecule has 1 N–H and O–H groups in total. The van der Waals surface area contributed by atoms with Crippen LogP contribution in [0.1, 0.15) is 38.5 Å². The van der Waals surface area contributed by atoms with Crippen molar-refractivity contribution in [1.29, 1.82) is 0 Å². The zero-order chi connectivity index (χ0) is 14.4. The summed E-state index contributed by atoms with van der Waals surface area (Å²) >= 11 is 3.11. The van der Waals surface area contributed by atoms with Gasteiger partial charge in [-0.2, -0.15) is 0 Å². The number of rotatable bonds is 5. The second-order valence-corrected chi connectivity index (χ2v) is 6.04. The quantitative estimate of drug-likeness (QED) is 0.628. The summed E-state index contributed by atoms with van der Waals surface area (Å²) in [6, 6.07) is 2.58. The lowest BCUT2D eigenvalue weighted by atomic mass is 10.1. The first-order chi connectivity index (χ1) is 9.66. The molecular formula is C15H20BrF2NO. The highest BCUT2D eigenvalue weighted by Crippen LogP contribution is 2.29. The fraction of sp³-hybridized carbons (Fsp3) is 0.600. The molecule has 1 aliphatic rings. The number of hydrogen-bond acceptors (Lipinski definition) is 2. The van der Waals surface area contributed by atoms with Crippen LogP contribution in [0.15, 0.2) is 16.6 Å². The van der Waals surface area contributed by atoms with E-state index >= 15 is 0 Å². The average Bonchev–Trinajstić information content (AvgIpc) is 2.65. The Kier molecular flexibility index (Phi) is 6.23. The summed E-state index contributed by atoms with van der Waals surface area (Å²) in [6.07, 6.45) is 7.60. The topological polar surface area (TPSA) is 21.3 Å². The lowest BCUT2D eigenvalue weighted by Crippen LogP contribution is -2.32. The summed E-state index contributed by atoms with van der Waals surface area (Å²) < 4.78 is 32.2. The second-order valence-electron chi connectivity index (χ2n) is 5.19. The predicted octanol–water partition coefficient (Wildman–Crippen LogP) is 4.42. The third-order valence-electron chi connectivity index (χ3n) is 3.60. The van der Waals surface area contributed by atoms with Gasteiger partial charge in [-0.15, -0.1) is 0 Å². The summed E-state index contributed by atoms with van der Waals surface area (Å²) in [7, 11) is 0. The van der Waals surface area contributed by atoms with Crippen LogP contribution in [0, 0.1) is 11.6 Å². The third kappa shape index (κ3) is 4.70. The second kappa shape index (κ2) is 7.93. The molecule has 1 aromatic rings. The molecule has 0 radical (unpaired) electrons. The van der Waals surface area contributed by atoms with E-state index in [2.05, 4.69) is 21.2 Å². The summed E-state index contributed by atoms with van der Waals surface area (Å²) in [5, 5.41) is 3.45. The van der Waals surface area contributed by atoms with Crippen LogP contribution in [0.2, 0.25) is 0 Å². The van der Waals surface area contributed by atoms with Crippen LogP contribution in [0.4, 0.5) is 8.78 Å². The van der Waals surface area contributed by atoms with E-state index in [0.717, 1.165) is 6.07 Å². The average molecular weight is 348 g/mol. The van der Waals surface area contributed by atoms with Crippen molar-refractivity contribution in [3.8, 4) is 5.75 Å². The van der Waals surface area contributed by atoms with E-state index in [1.54, 1.807) is 0 Å². The van der Waals surface area contributed by atoms with Gasteiger partial charge in [-0.3, -0.25) is 0 Å². The third-order valence-corrected chi connectivity index (χ3v) is 4.19. The van der Waals surface area contributed by atoms with Gasteiger partial charge in [-0.1, -0.05) is 25.7 Å². The molecule has 0 spiro atoms. The molecule has 0 amide bonds. The fourth-order valence-electron chi connectivity index (χ4n) is 2.57. The summed E-state index contributed by atoms with van der Waals surface area (Å²) in [6.45, 7) is 1.05. The van der Waals surface area contributed by atoms with Crippen LogP contribution in [-0.2, 0) is 0 Å². The molecule has 1 saturated carbocycles. The summed E-state index contributed by atoms with van der Waals surface area (Å²) in [5.41, 5.74) is 0. The van der Waals surface area contributed by atoms with Crippen LogP contribution in [0.3, 0.4) is 0 Å². The van der Waals surface area contributed by atoms with Crippen LogP contribution in [-0.4, -0.2) is 19.2 Å². The van der Waals surface area contributed by atoms with Crippen LogP contribution in [0.25, 0.3) is 0 Å². The van der Waals surface area contributed by atoms with Gasteiger partial charge in [0.15, 0.2) is 11.6 Å². The van der Waals surface area contributed by atoms with Crippen molar-refractivity contribution in [2.75, 3.05) is 13.2 Å². The Bertz CT molecular complexity index is 411. The van der Waals surface area contributed by atoms with Gasteiger partial charge >= 0.3 is 0 Å². The zero-order valence-electron chi connectivity index (χ0n) is 11.4. The molecule has 0 bridgehead atoms. The first-order valence-corrected chi connectivity index (χ1v) is 7.97. The summed E-state index contributed by atoms with van der Waals surface area (Å²) in [4.78, 5) is 0. The Morgan fingerprint density at radius 1 is 1.15 bits per heavy atom. The highest BCUT2D eigenvalue weighted by Gasteiger charge is 2.13. The molecule has 0 aliphatic heterocycles. The molecule has 1 aromatic carbocycles. The fourth-order valence-corrected chi connectivity index (χ4v) is 3.09. The highest BCUT2D eigenvalue weighted by molar-refractivity contribution is 9.10. The molecule has 0 aromatic heterocycles. The molecule has 1 fully saturated rings. The minimum atomic E-state index is -0.675.